The highest BCUT2D eigenvalue weighted by Crippen LogP contribution is 2.40. The maximum Gasteiger partial charge on any atom is 0.0479 e. The van der Waals surface area contributed by atoms with Crippen molar-refractivity contribution in [3.8, 4) is 0 Å². The molecule has 25 heavy (non-hydrogen) atoms. The van der Waals surface area contributed by atoms with Crippen LogP contribution < -0.4 is 0 Å². The number of hydrogen-bond donors (Lipinski definition) is 0. The molecule has 0 N–H and O–H groups in total. The summed E-state index contributed by atoms with van der Waals surface area (Å²) in [6.45, 7) is 8.27. The highest BCUT2D eigenvalue weighted by Gasteiger charge is 2.36. The zero-order chi connectivity index (χ0) is 15.6. The van der Waals surface area contributed by atoms with Gasteiger partial charge in [-0.2, -0.15) is 0 Å². The van der Waals surface area contributed by atoms with Crippen molar-refractivity contribution in [3.05, 3.63) is 71.3 Å². The Morgan fingerprint density at radius 2 is 1.52 bits per heavy atom. The summed E-state index contributed by atoms with van der Waals surface area (Å²) in [5.41, 5.74) is 4.54. The monoisotopic (exact) mass is 378 g/mol. The predicted molar refractivity (Wildman–Crippen MR) is 110 cm³/mol. The third-order valence-electron chi connectivity index (χ3n) is 5.46. The lowest BCUT2D eigenvalue weighted by molar-refractivity contribution is 0.0628. The minimum atomic E-state index is 0. The van der Waals surface area contributed by atoms with E-state index in [0.717, 1.165) is 6.54 Å². The van der Waals surface area contributed by atoms with Gasteiger partial charge in [0.05, 0.1) is 0 Å². The summed E-state index contributed by atoms with van der Waals surface area (Å²) in [6.07, 6.45) is 1.25. The first-order chi connectivity index (χ1) is 11.4. The molecule has 2 aliphatic rings. The molecule has 2 nitrogen and oxygen atoms in total. The van der Waals surface area contributed by atoms with E-state index < -0.39 is 0 Å². The number of nitrogens with zero attached hydrogens (tertiary/aromatic N) is 2. The molecule has 1 fully saturated rings. The fourth-order valence-electron chi connectivity index (χ4n) is 4.34. The van der Waals surface area contributed by atoms with Gasteiger partial charge in [-0.1, -0.05) is 61.5 Å². The third-order valence-corrected chi connectivity index (χ3v) is 5.46. The van der Waals surface area contributed by atoms with Gasteiger partial charge in [0.25, 0.3) is 0 Å². The largest absolute Gasteiger partial charge is 0.300 e. The van der Waals surface area contributed by atoms with Crippen molar-refractivity contribution in [1.29, 1.82) is 0 Å². The second kappa shape index (κ2) is 9.05. The van der Waals surface area contributed by atoms with Gasteiger partial charge in [0, 0.05) is 38.1 Å². The van der Waals surface area contributed by atoms with Crippen LogP contribution in [-0.4, -0.2) is 42.5 Å². The van der Waals surface area contributed by atoms with Crippen LogP contribution in [0.3, 0.4) is 0 Å². The molecule has 1 saturated heterocycles. The number of halogens is 2. The molecule has 2 aliphatic heterocycles. The molecule has 4 heteroatoms. The standard InChI is InChI=1S/C21H26N2.2ClH/c1-2-12-22-13-14-23-15-20(17-8-4-3-5-9-17)18-10-6-7-11-19(18)21(23)16-22;;/h3-11,20-21H,2,12-16H2,1H3;2*1H. The smallest absolute Gasteiger partial charge is 0.0479 e. The molecule has 0 amide bonds. The minimum absolute atomic E-state index is 0. The lowest BCUT2D eigenvalue weighted by atomic mass is 9.80. The van der Waals surface area contributed by atoms with Crippen LogP contribution in [0, 0.1) is 0 Å². The Balaban J connectivity index is 0.00000113. The van der Waals surface area contributed by atoms with Crippen molar-refractivity contribution in [2.45, 2.75) is 25.3 Å². The van der Waals surface area contributed by atoms with Gasteiger partial charge in [0.2, 0.25) is 0 Å². The highest BCUT2D eigenvalue weighted by molar-refractivity contribution is 5.85. The number of benzene rings is 2. The molecule has 0 aromatic heterocycles. The minimum Gasteiger partial charge on any atom is -0.300 e. The zero-order valence-electron chi connectivity index (χ0n) is 14.8. The molecule has 4 rings (SSSR count). The van der Waals surface area contributed by atoms with Crippen LogP contribution in [0.1, 0.15) is 42.0 Å². The number of fused-ring (bicyclic) bond motifs is 3. The number of hydrogen-bond acceptors (Lipinski definition) is 2. The van der Waals surface area contributed by atoms with Crippen molar-refractivity contribution < 1.29 is 0 Å². The molecule has 0 aliphatic carbocycles. The topological polar surface area (TPSA) is 6.48 Å². The van der Waals surface area contributed by atoms with Crippen LogP contribution in [0.25, 0.3) is 0 Å². The van der Waals surface area contributed by atoms with E-state index in [1.807, 2.05) is 0 Å². The maximum absolute atomic E-state index is 2.71. The maximum atomic E-state index is 2.71. The normalized spacial score (nSPS) is 22.9. The van der Waals surface area contributed by atoms with Gasteiger partial charge < -0.3 is 4.90 Å². The van der Waals surface area contributed by atoms with E-state index in [-0.39, 0.29) is 24.8 Å². The van der Waals surface area contributed by atoms with Crippen LogP contribution in [-0.2, 0) is 0 Å². The van der Waals surface area contributed by atoms with Crippen LogP contribution in [0.15, 0.2) is 54.6 Å². The third kappa shape index (κ3) is 4.03. The van der Waals surface area contributed by atoms with Gasteiger partial charge in [-0.05, 0) is 29.7 Å². The van der Waals surface area contributed by atoms with E-state index in [0.29, 0.717) is 12.0 Å². The van der Waals surface area contributed by atoms with Crippen molar-refractivity contribution >= 4 is 24.8 Å². The van der Waals surface area contributed by atoms with E-state index in [1.165, 1.54) is 38.2 Å². The summed E-state index contributed by atoms with van der Waals surface area (Å²) in [6, 6.07) is 20.7. The molecule has 0 saturated carbocycles. The van der Waals surface area contributed by atoms with E-state index in [9.17, 15) is 0 Å². The zero-order valence-corrected chi connectivity index (χ0v) is 16.4. The van der Waals surface area contributed by atoms with Gasteiger partial charge in [0.15, 0.2) is 0 Å². The molecule has 0 spiro atoms. The fourth-order valence-corrected chi connectivity index (χ4v) is 4.34. The first-order valence-corrected chi connectivity index (χ1v) is 8.97. The summed E-state index contributed by atoms with van der Waals surface area (Å²) >= 11 is 0. The van der Waals surface area contributed by atoms with Gasteiger partial charge in [-0.3, -0.25) is 4.90 Å². The van der Waals surface area contributed by atoms with E-state index in [4.69, 9.17) is 0 Å². The molecule has 0 radical (unpaired) electrons. The summed E-state index contributed by atoms with van der Waals surface area (Å²) in [4.78, 5) is 5.35. The van der Waals surface area contributed by atoms with Crippen molar-refractivity contribution in [2.75, 3.05) is 32.7 Å². The Bertz CT molecular complexity index is 662. The van der Waals surface area contributed by atoms with E-state index in [2.05, 4.69) is 71.3 Å². The first kappa shape index (κ1) is 20.3. The van der Waals surface area contributed by atoms with Crippen LogP contribution in [0.5, 0.6) is 0 Å². The van der Waals surface area contributed by atoms with Crippen LogP contribution >= 0.6 is 24.8 Å². The predicted octanol–water partition coefficient (Wildman–Crippen LogP) is 4.74. The molecule has 2 unspecified atom stereocenters. The highest BCUT2D eigenvalue weighted by atomic mass is 35.5. The Hall–Kier alpha value is -1.06. The average Bonchev–Trinajstić information content (AvgIpc) is 2.62. The van der Waals surface area contributed by atoms with Gasteiger partial charge in [-0.15, -0.1) is 24.8 Å². The molecule has 0 bridgehead atoms. The van der Waals surface area contributed by atoms with E-state index >= 15 is 0 Å². The van der Waals surface area contributed by atoms with Gasteiger partial charge in [0.1, 0.15) is 0 Å². The quantitative estimate of drug-likeness (QED) is 0.760. The molecule has 136 valence electrons. The molecule has 2 aromatic carbocycles. The summed E-state index contributed by atoms with van der Waals surface area (Å²) in [7, 11) is 0. The fraction of sp³-hybridized carbons (Fsp3) is 0.429. The van der Waals surface area contributed by atoms with E-state index in [1.54, 1.807) is 11.1 Å². The average molecular weight is 379 g/mol. The van der Waals surface area contributed by atoms with Gasteiger partial charge >= 0.3 is 0 Å². The molecule has 2 heterocycles. The van der Waals surface area contributed by atoms with Crippen molar-refractivity contribution in [2.24, 2.45) is 0 Å². The lowest BCUT2D eigenvalue weighted by Crippen LogP contribution is -2.51. The van der Waals surface area contributed by atoms with Crippen LogP contribution in [0.2, 0.25) is 0 Å². The SMILES string of the molecule is CCCN1CCN2CC(c3ccccc3)c3ccccc3C2C1.Cl.Cl. The van der Waals surface area contributed by atoms with Crippen molar-refractivity contribution in [3.63, 3.8) is 0 Å². The Labute approximate surface area is 164 Å². The van der Waals surface area contributed by atoms with Gasteiger partial charge in [-0.25, -0.2) is 0 Å². The molecule has 2 aromatic rings. The second-order valence-corrected chi connectivity index (χ2v) is 6.90. The summed E-state index contributed by atoms with van der Waals surface area (Å²) in [5.74, 6) is 0.515. The summed E-state index contributed by atoms with van der Waals surface area (Å²) < 4.78 is 0. The summed E-state index contributed by atoms with van der Waals surface area (Å²) in [5, 5.41) is 0. The number of rotatable bonds is 3. The van der Waals surface area contributed by atoms with Crippen LogP contribution in [0.4, 0.5) is 0 Å². The number of piperazine rings is 1. The molecular formula is C21H28Cl2N2. The molecular weight excluding hydrogens is 351 g/mol. The Kier molecular flexibility index (Phi) is 7.33. The Morgan fingerprint density at radius 1 is 0.840 bits per heavy atom. The Morgan fingerprint density at radius 3 is 2.24 bits per heavy atom. The first-order valence-electron chi connectivity index (χ1n) is 8.97. The second-order valence-electron chi connectivity index (χ2n) is 6.90. The molecule has 2 atom stereocenters. The van der Waals surface area contributed by atoms with Crippen molar-refractivity contribution in [1.82, 2.24) is 9.80 Å². The lowest BCUT2D eigenvalue weighted by Gasteiger charge is -2.47.